The van der Waals surface area contributed by atoms with E-state index in [4.69, 9.17) is 4.74 Å². The average molecular weight is 348 g/mol. The van der Waals surface area contributed by atoms with Crippen LogP contribution in [0.2, 0.25) is 0 Å². The zero-order valence-electron chi connectivity index (χ0n) is 13.9. The van der Waals surface area contributed by atoms with Gasteiger partial charge in [-0.1, -0.05) is 18.2 Å². The number of benzene rings is 2. The second-order valence-electron chi connectivity index (χ2n) is 6.03. The monoisotopic (exact) mass is 348 g/mol. The Morgan fingerprint density at radius 2 is 1.58 bits per heavy atom. The highest BCUT2D eigenvalue weighted by Gasteiger charge is 2.34. The third-order valence-corrected chi connectivity index (χ3v) is 4.44. The molecule has 1 aliphatic rings. The SMILES string of the molecule is O=C1c2ccccc2C(=O)N1CCCOc1cccc2c(=O)[nH]ccc12. The van der Waals surface area contributed by atoms with Crippen molar-refractivity contribution < 1.29 is 14.3 Å². The minimum absolute atomic E-state index is 0.168. The van der Waals surface area contributed by atoms with Crippen molar-refractivity contribution in [1.29, 1.82) is 0 Å². The van der Waals surface area contributed by atoms with Crippen LogP contribution in [-0.2, 0) is 0 Å². The van der Waals surface area contributed by atoms with Gasteiger partial charge in [0.05, 0.1) is 23.1 Å². The van der Waals surface area contributed by atoms with E-state index >= 15 is 0 Å². The van der Waals surface area contributed by atoms with E-state index in [2.05, 4.69) is 4.98 Å². The first-order chi connectivity index (χ1) is 12.7. The minimum Gasteiger partial charge on any atom is -0.493 e. The molecule has 0 spiro atoms. The molecule has 2 heterocycles. The summed E-state index contributed by atoms with van der Waals surface area (Å²) in [4.78, 5) is 40.3. The van der Waals surface area contributed by atoms with Crippen molar-refractivity contribution in [3.8, 4) is 5.75 Å². The van der Waals surface area contributed by atoms with Crippen molar-refractivity contribution >= 4 is 22.6 Å². The molecule has 0 saturated carbocycles. The number of carbonyl (C=O) groups is 2. The van der Waals surface area contributed by atoms with Crippen LogP contribution in [0, 0.1) is 0 Å². The summed E-state index contributed by atoms with van der Waals surface area (Å²) in [5, 5.41) is 1.29. The maximum atomic E-state index is 12.3. The zero-order valence-corrected chi connectivity index (χ0v) is 13.9. The second kappa shape index (κ2) is 6.48. The third-order valence-electron chi connectivity index (χ3n) is 4.44. The van der Waals surface area contributed by atoms with Gasteiger partial charge in [-0.05, 0) is 36.8 Å². The van der Waals surface area contributed by atoms with Gasteiger partial charge in [0.25, 0.3) is 17.4 Å². The Hall–Kier alpha value is -3.41. The first-order valence-electron chi connectivity index (χ1n) is 8.35. The summed E-state index contributed by atoms with van der Waals surface area (Å²) in [6.45, 7) is 0.622. The van der Waals surface area contributed by atoms with Crippen molar-refractivity contribution in [2.75, 3.05) is 13.2 Å². The maximum Gasteiger partial charge on any atom is 0.261 e. The maximum absolute atomic E-state index is 12.3. The van der Waals surface area contributed by atoms with Crippen molar-refractivity contribution in [1.82, 2.24) is 9.88 Å². The highest BCUT2D eigenvalue weighted by atomic mass is 16.5. The average Bonchev–Trinajstić information content (AvgIpc) is 2.91. The number of pyridine rings is 1. The van der Waals surface area contributed by atoms with Crippen LogP contribution in [0.1, 0.15) is 27.1 Å². The van der Waals surface area contributed by atoms with Gasteiger partial charge in [-0.3, -0.25) is 19.3 Å². The molecule has 1 N–H and O–H groups in total. The lowest BCUT2D eigenvalue weighted by Crippen LogP contribution is -2.31. The molecule has 0 radical (unpaired) electrons. The molecule has 0 bridgehead atoms. The molecule has 0 fully saturated rings. The van der Waals surface area contributed by atoms with Crippen LogP contribution >= 0.6 is 0 Å². The fourth-order valence-electron chi connectivity index (χ4n) is 3.17. The summed E-state index contributed by atoms with van der Waals surface area (Å²) in [5.41, 5.74) is 0.734. The molecular weight excluding hydrogens is 332 g/mol. The van der Waals surface area contributed by atoms with E-state index in [0.29, 0.717) is 35.3 Å². The van der Waals surface area contributed by atoms with Gasteiger partial charge in [0, 0.05) is 18.1 Å². The van der Waals surface area contributed by atoms with E-state index in [-0.39, 0.29) is 23.9 Å². The number of rotatable bonds is 5. The lowest BCUT2D eigenvalue weighted by Gasteiger charge is -2.14. The fourth-order valence-corrected chi connectivity index (χ4v) is 3.17. The van der Waals surface area contributed by atoms with Gasteiger partial charge in [-0.25, -0.2) is 0 Å². The molecule has 26 heavy (non-hydrogen) atoms. The van der Waals surface area contributed by atoms with Crippen molar-refractivity contribution in [2.24, 2.45) is 0 Å². The zero-order chi connectivity index (χ0) is 18.1. The Morgan fingerprint density at radius 3 is 2.31 bits per heavy atom. The van der Waals surface area contributed by atoms with Crippen molar-refractivity contribution in [2.45, 2.75) is 6.42 Å². The number of ether oxygens (including phenoxy) is 1. The van der Waals surface area contributed by atoms with Crippen LogP contribution in [0.4, 0.5) is 0 Å². The Morgan fingerprint density at radius 1 is 0.846 bits per heavy atom. The fraction of sp³-hybridized carbons (Fsp3) is 0.150. The molecular formula is C20H16N2O4. The Bertz CT molecular complexity index is 1040. The predicted octanol–water partition coefficient (Wildman–Crippen LogP) is 2.59. The van der Waals surface area contributed by atoms with E-state index in [1.807, 2.05) is 0 Å². The van der Waals surface area contributed by atoms with Gasteiger partial charge in [-0.2, -0.15) is 0 Å². The number of aromatic amines is 1. The number of amides is 2. The number of fused-ring (bicyclic) bond motifs is 2. The molecule has 0 atom stereocenters. The summed E-state index contributed by atoms with van der Waals surface area (Å²) >= 11 is 0. The smallest absolute Gasteiger partial charge is 0.261 e. The summed E-state index contributed by atoms with van der Waals surface area (Å²) in [7, 11) is 0. The molecule has 1 aliphatic heterocycles. The molecule has 6 nitrogen and oxygen atoms in total. The highest BCUT2D eigenvalue weighted by molar-refractivity contribution is 6.21. The van der Waals surface area contributed by atoms with Crippen LogP contribution in [0.5, 0.6) is 5.75 Å². The molecule has 0 saturated heterocycles. The topological polar surface area (TPSA) is 79.5 Å². The van der Waals surface area contributed by atoms with Gasteiger partial charge in [0.15, 0.2) is 0 Å². The predicted molar refractivity (Wildman–Crippen MR) is 96.5 cm³/mol. The molecule has 0 aliphatic carbocycles. The molecule has 0 unspecified atom stereocenters. The molecule has 2 amide bonds. The van der Waals surface area contributed by atoms with Gasteiger partial charge in [-0.15, -0.1) is 0 Å². The quantitative estimate of drug-likeness (QED) is 0.568. The van der Waals surface area contributed by atoms with Crippen LogP contribution in [0.3, 0.4) is 0 Å². The van der Waals surface area contributed by atoms with Crippen LogP contribution in [0.15, 0.2) is 59.5 Å². The Balaban J connectivity index is 1.41. The first kappa shape index (κ1) is 16.1. The van der Waals surface area contributed by atoms with Crippen LogP contribution in [0.25, 0.3) is 10.8 Å². The lowest BCUT2D eigenvalue weighted by molar-refractivity contribution is 0.0647. The number of nitrogens with one attached hydrogen (secondary N) is 1. The number of imide groups is 1. The highest BCUT2D eigenvalue weighted by Crippen LogP contribution is 2.24. The number of H-pyrrole nitrogens is 1. The summed E-state index contributed by atoms with van der Waals surface area (Å²) < 4.78 is 5.78. The van der Waals surface area contributed by atoms with Crippen LogP contribution in [-0.4, -0.2) is 34.8 Å². The van der Waals surface area contributed by atoms with E-state index < -0.39 is 0 Å². The third kappa shape index (κ3) is 2.65. The minimum atomic E-state index is -0.262. The van der Waals surface area contributed by atoms with Gasteiger partial charge < -0.3 is 9.72 Å². The van der Waals surface area contributed by atoms with Crippen molar-refractivity contribution in [3.05, 3.63) is 76.2 Å². The summed E-state index contributed by atoms with van der Waals surface area (Å²) in [6, 6.07) is 13.9. The van der Waals surface area contributed by atoms with Crippen LogP contribution < -0.4 is 10.3 Å². The number of aromatic nitrogens is 1. The van der Waals surface area contributed by atoms with Crippen molar-refractivity contribution in [3.63, 3.8) is 0 Å². The molecule has 1 aromatic heterocycles. The van der Waals surface area contributed by atoms with Gasteiger partial charge in [0.1, 0.15) is 5.75 Å². The van der Waals surface area contributed by atoms with E-state index in [1.165, 1.54) is 4.90 Å². The summed E-state index contributed by atoms with van der Waals surface area (Å²) in [5.74, 6) is 0.0838. The number of carbonyl (C=O) groups excluding carboxylic acids is 2. The Kier molecular flexibility index (Phi) is 4.01. The normalized spacial score (nSPS) is 13.3. The van der Waals surface area contributed by atoms with Gasteiger partial charge >= 0.3 is 0 Å². The first-order valence-corrected chi connectivity index (χ1v) is 8.35. The van der Waals surface area contributed by atoms with E-state index in [1.54, 1.807) is 54.7 Å². The molecule has 130 valence electrons. The molecule has 4 rings (SSSR count). The number of hydrogen-bond donors (Lipinski definition) is 1. The standard InChI is InChI=1S/C20H16N2O4/c23-18-14-7-3-8-17(13(14)9-10-21-18)26-12-4-11-22-19(24)15-5-1-2-6-16(15)20(22)25/h1-3,5-10H,4,11-12H2,(H,21,23). The summed E-state index contributed by atoms with van der Waals surface area (Å²) in [6.07, 6.45) is 2.08. The number of hydrogen-bond acceptors (Lipinski definition) is 4. The van der Waals surface area contributed by atoms with E-state index in [0.717, 1.165) is 5.39 Å². The van der Waals surface area contributed by atoms with E-state index in [9.17, 15) is 14.4 Å². The Labute approximate surface area is 149 Å². The largest absolute Gasteiger partial charge is 0.493 e. The molecule has 3 aromatic rings. The molecule has 2 aromatic carbocycles. The van der Waals surface area contributed by atoms with Gasteiger partial charge in [0.2, 0.25) is 0 Å². The second-order valence-corrected chi connectivity index (χ2v) is 6.03. The number of nitrogens with zero attached hydrogens (tertiary/aromatic N) is 1. The molecule has 6 heteroatoms. The lowest BCUT2D eigenvalue weighted by atomic mass is 10.1.